The van der Waals surface area contributed by atoms with E-state index in [1.165, 1.54) is 0 Å². The molecule has 0 unspecified atom stereocenters. The van der Waals surface area contributed by atoms with Crippen molar-refractivity contribution < 1.29 is 125 Å². The third-order valence-corrected chi connectivity index (χ3v) is 6.74. The second kappa shape index (κ2) is 8.86. The molecule has 0 aromatic rings. The van der Waals surface area contributed by atoms with Crippen LogP contribution >= 0.6 is 0 Å². The van der Waals surface area contributed by atoms with Crippen molar-refractivity contribution in [2.45, 2.75) is 46.6 Å². The number of nitrogens with one attached hydrogen (secondary N) is 1. The van der Waals surface area contributed by atoms with E-state index in [2.05, 4.69) is 0 Å². The summed E-state index contributed by atoms with van der Waals surface area (Å²) < 4.78 is 268. The van der Waals surface area contributed by atoms with Gasteiger partial charge in [-0.3, -0.25) is 0 Å². The molecule has 0 aliphatic rings. The zero-order chi connectivity index (χ0) is 27.7. The number of hydrogen-bond acceptors (Lipinski definition) is 4. The molecule has 0 heterocycles. The Morgan fingerprint density at radius 2 is 0.559 bits per heavy atom. The van der Waals surface area contributed by atoms with E-state index in [0.717, 1.165) is 0 Å². The summed E-state index contributed by atoms with van der Waals surface area (Å²) in [5.74, 6) is -32.9. The fourth-order valence-corrected chi connectivity index (χ4v) is 4.23. The summed E-state index contributed by atoms with van der Waals surface area (Å²) in [7, 11) is -17.4. The molecule has 5 nitrogen and oxygen atoms in total. The van der Waals surface area contributed by atoms with Crippen LogP contribution < -0.4 is 33.7 Å². The normalized spacial score (nSPS) is 16.3. The molecule has 0 bridgehead atoms. The minimum Gasteiger partial charge on any atom is -0.205 e. The molecule has 0 aliphatic heterocycles. The average Bonchev–Trinajstić information content (AvgIpc) is 2.50. The van der Waals surface area contributed by atoms with Gasteiger partial charge in [0.2, 0.25) is 0 Å². The van der Waals surface area contributed by atoms with Crippen LogP contribution in [0, 0.1) is 0 Å². The number of halogens is 18. The fraction of sp³-hybridized carbons (Fsp3) is 1.00. The van der Waals surface area contributed by atoms with Gasteiger partial charge in [-0.1, -0.05) is 4.13 Å². The first-order valence-corrected chi connectivity index (χ1v) is 9.35. The van der Waals surface area contributed by atoms with Gasteiger partial charge in [0.25, 0.3) is 20.0 Å². The van der Waals surface area contributed by atoms with Gasteiger partial charge in [-0.05, 0) is 0 Å². The first-order chi connectivity index (χ1) is 13.7. The van der Waals surface area contributed by atoms with Crippen LogP contribution in [0.4, 0.5) is 79.0 Å². The molecule has 0 aromatic carbocycles. The monoisotopic (exact) mass is 604 g/mol. The zero-order valence-corrected chi connectivity index (χ0v) is 18.4. The smallest absolute Gasteiger partial charge is 0.205 e. The number of hydrogen-bond donors (Lipinski definition) is 1. The molecule has 0 radical (unpaired) electrons. The number of sulfonamides is 2. The van der Waals surface area contributed by atoms with Gasteiger partial charge < -0.3 is 0 Å². The van der Waals surface area contributed by atoms with Crippen LogP contribution in [-0.4, -0.2) is 63.4 Å². The predicted molar refractivity (Wildman–Crippen MR) is 62.8 cm³/mol. The molecule has 0 aromatic heterocycles. The van der Waals surface area contributed by atoms with Crippen LogP contribution in [0.3, 0.4) is 0 Å². The third kappa shape index (κ3) is 4.91. The van der Waals surface area contributed by atoms with Gasteiger partial charge in [-0.25, -0.2) is 16.8 Å². The van der Waals surface area contributed by atoms with Gasteiger partial charge in [0, 0.05) is 0 Å². The molecule has 0 fully saturated rings. The molecule has 0 rings (SSSR count). The van der Waals surface area contributed by atoms with Crippen molar-refractivity contribution in [3.8, 4) is 0 Å². The molecule has 0 aliphatic carbocycles. The Hall–Kier alpha value is -0.400. The fourth-order valence-electron chi connectivity index (χ4n) is 1.31. The molecule has 0 saturated carbocycles. The minimum atomic E-state index is -8.68. The molecule has 1 N–H and O–H groups in total. The van der Waals surface area contributed by atoms with E-state index in [-0.39, 0.29) is 29.6 Å². The summed E-state index contributed by atoms with van der Waals surface area (Å²) in [6.45, 7) is 0. The molecular formula is C8HF18NNaO4S2+. The van der Waals surface area contributed by atoms with Gasteiger partial charge in [0.1, 0.15) is 0 Å². The first-order valence-electron chi connectivity index (χ1n) is 6.38. The van der Waals surface area contributed by atoms with E-state index in [9.17, 15) is 95.9 Å². The van der Waals surface area contributed by atoms with Gasteiger partial charge in [-0.15, -0.1) is 0 Å². The molecule has 0 amide bonds. The molecule has 0 spiro atoms. The van der Waals surface area contributed by atoms with Crippen molar-refractivity contribution in [2.75, 3.05) is 0 Å². The van der Waals surface area contributed by atoms with Crippen LogP contribution in [0.5, 0.6) is 0 Å². The van der Waals surface area contributed by atoms with Crippen molar-refractivity contribution >= 4 is 20.0 Å². The van der Waals surface area contributed by atoms with E-state index < -0.39 is 70.7 Å². The summed E-state index contributed by atoms with van der Waals surface area (Å²) in [5, 5.41) is -16.3. The van der Waals surface area contributed by atoms with E-state index >= 15 is 0 Å². The average molecular weight is 604 g/mol. The van der Waals surface area contributed by atoms with Crippen LogP contribution in [-0.2, 0) is 20.0 Å². The minimum absolute atomic E-state index is 0. The third-order valence-electron chi connectivity index (χ3n) is 3.13. The van der Waals surface area contributed by atoms with Gasteiger partial charge >= 0.3 is 76.1 Å². The van der Waals surface area contributed by atoms with Crippen molar-refractivity contribution in [1.82, 2.24) is 4.13 Å². The van der Waals surface area contributed by atoms with Crippen LogP contribution in [0.15, 0.2) is 0 Å². The predicted octanol–water partition coefficient (Wildman–Crippen LogP) is 1.09. The second-order valence-electron chi connectivity index (χ2n) is 5.42. The first kappa shape index (κ1) is 35.8. The Balaban J connectivity index is 0. The quantitative estimate of drug-likeness (QED) is 0.333. The van der Waals surface area contributed by atoms with Crippen molar-refractivity contribution in [3.05, 3.63) is 0 Å². The summed E-state index contributed by atoms with van der Waals surface area (Å²) in [4.78, 5) is 0. The summed E-state index contributed by atoms with van der Waals surface area (Å²) in [5.41, 5.74) is 0. The maximum absolute atomic E-state index is 13.2. The topological polar surface area (TPSA) is 80.3 Å². The van der Waals surface area contributed by atoms with Crippen LogP contribution in [0.25, 0.3) is 0 Å². The van der Waals surface area contributed by atoms with Crippen molar-refractivity contribution in [3.63, 3.8) is 0 Å². The van der Waals surface area contributed by atoms with Crippen molar-refractivity contribution in [2.24, 2.45) is 0 Å². The molecule has 26 heteroatoms. The standard InChI is InChI=1S/C8HF18NO4S2.Na/c9-1(10,5(17,18)19)3(13,14)7(23,24)32(28,29)27-33(30,31)8(25,26)4(15,16)2(11,12)6(20,21)22;/h27H;/q;+1. The SMILES string of the molecule is O=S(=O)(NS(=O)(=O)C(F)(F)C(F)(F)C(F)(F)C(F)(F)F)C(F)(F)C(F)(F)C(F)(F)C(F)(F)F.[Na+]. The second-order valence-corrected chi connectivity index (χ2v) is 9.12. The Morgan fingerprint density at radius 1 is 0.382 bits per heavy atom. The van der Waals surface area contributed by atoms with Crippen molar-refractivity contribution in [1.29, 1.82) is 0 Å². The zero-order valence-electron chi connectivity index (χ0n) is 14.8. The number of rotatable bonds is 8. The Kier molecular flexibility index (Phi) is 9.32. The van der Waals surface area contributed by atoms with Gasteiger partial charge in [0.05, 0.1) is 0 Å². The van der Waals surface area contributed by atoms with Crippen LogP contribution in [0.1, 0.15) is 0 Å². The Morgan fingerprint density at radius 3 is 0.706 bits per heavy atom. The summed E-state index contributed by atoms with van der Waals surface area (Å²) in [6, 6.07) is 0. The largest absolute Gasteiger partial charge is 1.00 e. The van der Waals surface area contributed by atoms with E-state index in [1.807, 2.05) is 0 Å². The molecule has 200 valence electrons. The maximum Gasteiger partial charge on any atom is 1.00 e. The molecular weight excluding hydrogens is 603 g/mol. The maximum atomic E-state index is 13.2. The Labute approximate surface area is 196 Å². The van der Waals surface area contributed by atoms with Gasteiger partial charge in [0.15, 0.2) is 0 Å². The molecule has 0 saturated heterocycles. The summed E-state index contributed by atoms with van der Waals surface area (Å²) in [6.07, 6.45) is -15.5. The van der Waals surface area contributed by atoms with E-state index in [0.29, 0.717) is 0 Å². The van der Waals surface area contributed by atoms with Gasteiger partial charge in [-0.2, -0.15) is 79.0 Å². The van der Waals surface area contributed by atoms with Crippen LogP contribution in [0.2, 0.25) is 0 Å². The molecule has 34 heavy (non-hydrogen) atoms. The molecule has 0 atom stereocenters. The summed E-state index contributed by atoms with van der Waals surface area (Å²) >= 11 is 0. The van der Waals surface area contributed by atoms with E-state index in [1.54, 1.807) is 0 Å². The number of alkyl halides is 18. The Bertz CT molecular complexity index is 887. The van der Waals surface area contributed by atoms with E-state index in [4.69, 9.17) is 0 Å².